The van der Waals surface area contributed by atoms with Crippen LogP contribution in [0.15, 0.2) is 60.7 Å². The number of carbonyl (C=O) groups excluding carboxylic acids is 1. The van der Waals surface area contributed by atoms with Crippen LogP contribution in [-0.2, 0) is 4.74 Å². The molecule has 0 radical (unpaired) electrons. The fourth-order valence-corrected chi connectivity index (χ4v) is 2.48. The molecule has 3 nitrogen and oxygen atoms in total. The maximum absolute atomic E-state index is 12.5. The van der Waals surface area contributed by atoms with Gasteiger partial charge < -0.3 is 9.47 Å². The number of benzene rings is 2. The third-order valence-electron chi connectivity index (χ3n) is 3.64. The van der Waals surface area contributed by atoms with Crippen molar-refractivity contribution in [2.75, 3.05) is 0 Å². The summed E-state index contributed by atoms with van der Waals surface area (Å²) >= 11 is 0. The Morgan fingerprint density at radius 2 is 1.75 bits per heavy atom. The summed E-state index contributed by atoms with van der Waals surface area (Å²) in [5.41, 5.74) is 0.672. The highest BCUT2D eigenvalue weighted by molar-refractivity contribution is 6.09. The summed E-state index contributed by atoms with van der Waals surface area (Å²) < 4.78 is 11.2. The van der Waals surface area contributed by atoms with E-state index in [1.807, 2.05) is 48.5 Å². The van der Waals surface area contributed by atoms with Gasteiger partial charge in [0.05, 0.1) is 5.56 Å². The fraction of sp³-hybridized carbons (Fsp3) is 0.118. The molecule has 0 aliphatic carbocycles. The second kappa shape index (κ2) is 4.05. The van der Waals surface area contributed by atoms with Crippen molar-refractivity contribution in [3.05, 3.63) is 71.8 Å². The maximum atomic E-state index is 12.5. The van der Waals surface area contributed by atoms with E-state index >= 15 is 0 Å². The maximum Gasteiger partial charge on any atom is 0.242 e. The van der Waals surface area contributed by atoms with Crippen LogP contribution in [0.4, 0.5) is 0 Å². The molecule has 2 unspecified atom stereocenters. The zero-order chi connectivity index (χ0) is 13.6. The zero-order valence-corrected chi connectivity index (χ0v) is 10.7. The Morgan fingerprint density at radius 3 is 2.60 bits per heavy atom. The van der Waals surface area contributed by atoms with Gasteiger partial charge >= 0.3 is 0 Å². The van der Waals surface area contributed by atoms with Crippen LogP contribution in [0.2, 0.25) is 0 Å². The summed E-state index contributed by atoms with van der Waals surface area (Å²) in [5.74, 6) is 0.570. The summed E-state index contributed by atoms with van der Waals surface area (Å²) in [7, 11) is 0. The lowest BCUT2D eigenvalue weighted by Gasteiger charge is -2.16. The second-order valence-electron chi connectivity index (χ2n) is 4.93. The number of epoxide rings is 1. The number of ketones is 1. The molecule has 0 aromatic heterocycles. The van der Waals surface area contributed by atoms with Crippen molar-refractivity contribution in [1.29, 1.82) is 0 Å². The second-order valence-corrected chi connectivity index (χ2v) is 4.93. The normalized spacial score (nSPS) is 26.8. The van der Waals surface area contributed by atoms with Gasteiger partial charge in [0.15, 0.2) is 0 Å². The standard InChI is InChI=1S/C17H12O3/c18-15-13-8-4-5-9-14(13)19-16-17(15,20-16)11-10-12-6-2-1-3-7-12/h1-11,16H/b11-10+. The molecule has 4 rings (SSSR count). The first-order chi connectivity index (χ1) is 9.79. The van der Waals surface area contributed by atoms with Crippen molar-refractivity contribution in [3.63, 3.8) is 0 Å². The average Bonchev–Trinajstić information content (AvgIpc) is 3.22. The Morgan fingerprint density at radius 1 is 1.00 bits per heavy atom. The van der Waals surface area contributed by atoms with E-state index in [0.29, 0.717) is 11.3 Å². The molecule has 1 fully saturated rings. The first kappa shape index (κ1) is 11.4. The molecule has 2 atom stereocenters. The van der Waals surface area contributed by atoms with E-state index in [1.165, 1.54) is 0 Å². The van der Waals surface area contributed by atoms with E-state index < -0.39 is 11.9 Å². The van der Waals surface area contributed by atoms with Crippen LogP contribution < -0.4 is 4.74 Å². The highest BCUT2D eigenvalue weighted by atomic mass is 16.8. The summed E-state index contributed by atoms with van der Waals surface area (Å²) in [6.45, 7) is 0. The van der Waals surface area contributed by atoms with Gasteiger partial charge in [-0.1, -0.05) is 48.5 Å². The molecule has 0 spiro atoms. The Hall–Kier alpha value is -2.39. The monoisotopic (exact) mass is 264 g/mol. The molecular formula is C17H12O3. The van der Waals surface area contributed by atoms with Gasteiger partial charge in [-0.25, -0.2) is 0 Å². The van der Waals surface area contributed by atoms with Crippen molar-refractivity contribution < 1.29 is 14.3 Å². The van der Waals surface area contributed by atoms with Crippen molar-refractivity contribution in [2.45, 2.75) is 11.9 Å². The predicted molar refractivity (Wildman–Crippen MR) is 74.5 cm³/mol. The van der Waals surface area contributed by atoms with Gasteiger partial charge in [-0.3, -0.25) is 4.79 Å². The van der Waals surface area contributed by atoms with Gasteiger partial charge in [0.25, 0.3) is 0 Å². The number of rotatable bonds is 2. The van der Waals surface area contributed by atoms with E-state index in [2.05, 4.69) is 0 Å². The number of Topliss-reactive ketones (excluding diaryl/α,β-unsaturated/α-hetero) is 1. The summed E-state index contributed by atoms with van der Waals surface area (Å²) in [5, 5.41) is 0. The van der Waals surface area contributed by atoms with Gasteiger partial charge in [0.1, 0.15) is 5.75 Å². The molecule has 1 saturated heterocycles. The molecule has 2 aromatic carbocycles. The van der Waals surface area contributed by atoms with Crippen molar-refractivity contribution in [3.8, 4) is 5.75 Å². The lowest BCUT2D eigenvalue weighted by Crippen LogP contribution is -2.32. The summed E-state index contributed by atoms with van der Waals surface area (Å²) in [4.78, 5) is 12.5. The minimum absolute atomic E-state index is 0.0310. The number of para-hydroxylation sites is 1. The highest BCUT2D eigenvalue weighted by Gasteiger charge is 2.66. The van der Waals surface area contributed by atoms with E-state index in [0.717, 1.165) is 5.56 Å². The summed E-state index contributed by atoms with van der Waals surface area (Å²) in [6.07, 6.45) is 3.20. The number of fused-ring (bicyclic) bond motifs is 2. The summed E-state index contributed by atoms with van der Waals surface area (Å²) in [6, 6.07) is 17.1. The molecule has 2 aliphatic heterocycles. The molecule has 2 aliphatic rings. The topological polar surface area (TPSA) is 38.8 Å². The van der Waals surface area contributed by atoms with Gasteiger partial charge in [-0.05, 0) is 23.8 Å². The SMILES string of the molecule is O=C1c2ccccc2OC2OC12/C=C/c1ccccc1. The smallest absolute Gasteiger partial charge is 0.242 e. The van der Waals surface area contributed by atoms with Crippen LogP contribution in [0.3, 0.4) is 0 Å². The van der Waals surface area contributed by atoms with Crippen LogP contribution in [0, 0.1) is 0 Å². The van der Waals surface area contributed by atoms with Gasteiger partial charge in [-0.2, -0.15) is 0 Å². The molecule has 0 amide bonds. The van der Waals surface area contributed by atoms with Gasteiger partial charge in [0.2, 0.25) is 17.7 Å². The molecule has 20 heavy (non-hydrogen) atoms. The first-order valence-electron chi connectivity index (χ1n) is 6.52. The highest BCUT2D eigenvalue weighted by Crippen LogP contribution is 2.48. The fourth-order valence-electron chi connectivity index (χ4n) is 2.48. The van der Waals surface area contributed by atoms with Crippen LogP contribution in [0.5, 0.6) is 5.75 Å². The third-order valence-corrected chi connectivity index (χ3v) is 3.64. The Labute approximate surface area is 116 Å². The average molecular weight is 264 g/mol. The molecule has 98 valence electrons. The Bertz CT molecular complexity index is 705. The van der Waals surface area contributed by atoms with E-state index in [4.69, 9.17) is 9.47 Å². The Kier molecular flexibility index (Phi) is 2.32. The lowest BCUT2D eigenvalue weighted by molar-refractivity contribution is 0.0902. The predicted octanol–water partition coefficient (Wildman–Crippen LogP) is 3.07. The number of hydrogen-bond acceptors (Lipinski definition) is 3. The van der Waals surface area contributed by atoms with Crippen molar-refractivity contribution in [1.82, 2.24) is 0 Å². The van der Waals surface area contributed by atoms with Crippen LogP contribution in [0.1, 0.15) is 15.9 Å². The van der Waals surface area contributed by atoms with Crippen LogP contribution in [0.25, 0.3) is 6.08 Å². The molecule has 2 heterocycles. The third kappa shape index (κ3) is 1.60. The molecular weight excluding hydrogens is 252 g/mol. The number of ether oxygens (including phenoxy) is 2. The van der Waals surface area contributed by atoms with E-state index in [-0.39, 0.29) is 5.78 Å². The molecule has 2 aromatic rings. The Balaban J connectivity index is 1.68. The molecule has 3 heteroatoms. The van der Waals surface area contributed by atoms with Crippen molar-refractivity contribution >= 4 is 11.9 Å². The quantitative estimate of drug-likeness (QED) is 0.782. The van der Waals surface area contributed by atoms with E-state index in [9.17, 15) is 4.79 Å². The van der Waals surface area contributed by atoms with Crippen LogP contribution in [-0.4, -0.2) is 17.7 Å². The van der Waals surface area contributed by atoms with Crippen molar-refractivity contribution in [2.24, 2.45) is 0 Å². The minimum Gasteiger partial charge on any atom is -0.460 e. The first-order valence-corrected chi connectivity index (χ1v) is 6.52. The lowest BCUT2D eigenvalue weighted by atomic mass is 9.93. The molecule has 0 saturated carbocycles. The van der Waals surface area contributed by atoms with Crippen LogP contribution >= 0.6 is 0 Å². The minimum atomic E-state index is -0.940. The molecule has 0 bridgehead atoms. The van der Waals surface area contributed by atoms with Gasteiger partial charge in [0, 0.05) is 0 Å². The largest absolute Gasteiger partial charge is 0.460 e. The zero-order valence-electron chi connectivity index (χ0n) is 10.7. The number of carbonyl (C=O) groups is 1. The van der Waals surface area contributed by atoms with E-state index in [1.54, 1.807) is 18.2 Å². The molecule has 0 N–H and O–H groups in total. The number of hydrogen-bond donors (Lipinski definition) is 0. The van der Waals surface area contributed by atoms with Gasteiger partial charge in [-0.15, -0.1) is 0 Å².